The summed E-state index contributed by atoms with van der Waals surface area (Å²) in [6.45, 7) is 14.7. The van der Waals surface area contributed by atoms with Gasteiger partial charge in [-0.2, -0.15) is 0 Å². The van der Waals surface area contributed by atoms with E-state index >= 15 is 0 Å². The molecule has 3 fully saturated rings. The molecular formula is C28H42O6Si. The normalized spacial score (nSPS) is 32.8. The lowest BCUT2D eigenvalue weighted by atomic mass is 9.47. The molecule has 0 aromatic heterocycles. The summed E-state index contributed by atoms with van der Waals surface area (Å²) >= 11 is 0. The molecular weight excluding hydrogens is 460 g/mol. The third-order valence-corrected chi connectivity index (χ3v) is 13.2. The van der Waals surface area contributed by atoms with Gasteiger partial charge in [-0.05, 0) is 43.1 Å². The average molecular weight is 503 g/mol. The molecule has 6 atom stereocenters. The minimum atomic E-state index is -2.10. The van der Waals surface area contributed by atoms with Gasteiger partial charge in [0.15, 0.2) is 8.32 Å². The smallest absolute Gasteiger partial charge is 0.201 e. The molecule has 7 heteroatoms. The maximum absolute atomic E-state index is 11.0. The molecule has 0 radical (unpaired) electrons. The van der Waals surface area contributed by atoms with Gasteiger partial charge in [-0.1, -0.05) is 57.7 Å². The molecule has 1 unspecified atom stereocenters. The quantitative estimate of drug-likeness (QED) is 0.452. The van der Waals surface area contributed by atoms with Crippen molar-refractivity contribution in [1.82, 2.24) is 0 Å². The largest absolute Gasteiger partial charge is 0.490 e. The summed E-state index contributed by atoms with van der Waals surface area (Å²) in [4.78, 5) is 0. The Labute approximate surface area is 211 Å². The standard InChI is InChI=1S/C28H42O6Si/c1-20-25-23(24(29)15-16-27(25,30-5)28(20)32-17-18-33-28)14-13-22(34-35(6,7)26(2,3)4)19-31-21-11-9-8-10-12-21/h8-12,20,22-25,29H,15-19H2,1-7H3/t20?,22-,23+,24-,25-,27-/m1/s1. The van der Waals surface area contributed by atoms with Gasteiger partial charge >= 0.3 is 0 Å². The van der Waals surface area contributed by atoms with E-state index < -0.39 is 31.9 Å². The molecule has 2 aliphatic carbocycles. The fraction of sp³-hybridized carbons (Fsp3) is 0.714. The van der Waals surface area contributed by atoms with Gasteiger partial charge in [0, 0.05) is 18.9 Å². The Morgan fingerprint density at radius 2 is 1.83 bits per heavy atom. The monoisotopic (exact) mass is 502 g/mol. The highest BCUT2D eigenvalue weighted by atomic mass is 28.4. The van der Waals surface area contributed by atoms with E-state index in [0.29, 0.717) is 32.7 Å². The molecule has 1 saturated heterocycles. The lowest BCUT2D eigenvalue weighted by molar-refractivity contribution is -0.412. The van der Waals surface area contributed by atoms with Crippen molar-refractivity contribution < 1.29 is 28.5 Å². The van der Waals surface area contributed by atoms with E-state index in [1.807, 2.05) is 30.3 Å². The number of hydrogen-bond acceptors (Lipinski definition) is 6. The zero-order valence-corrected chi connectivity index (χ0v) is 23.3. The highest BCUT2D eigenvalue weighted by Gasteiger charge is 2.77. The van der Waals surface area contributed by atoms with Gasteiger partial charge in [-0.15, -0.1) is 0 Å². The van der Waals surface area contributed by atoms with Crippen molar-refractivity contribution in [3.63, 3.8) is 0 Å². The van der Waals surface area contributed by atoms with Gasteiger partial charge < -0.3 is 28.5 Å². The van der Waals surface area contributed by atoms with Gasteiger partial charge in [0.25, 0.3) is 0 Å². The Hall–Kier alpha value is -1.40. The van der Waals surface area contributed by atoms with Gasteiger partial charge in [-0.3, -0.25) is 0 Å². The van der Waals surface area contributed by atoms with E-state index in [4.69, 9.17) is 23.4 Å². The third-order valence-electron chi connectivity index (χ3n) is 8.76. The Balaban J connectivity index is 1.59. The van der Waals surface area contributed by atoms with E-state index in [1.165, 1.54) is 0 Å². The van der Waals surface area contributed by atoms with Crippen LogP contribution in [0.4, 0.5) is 0 Å². The number of benzene rings is 1. The van der Waals surface area contributed by atoms with Crippen LogP contribution in [0.2, 0.25) is 18.1 Å². The predicted molar refractivity (Wildman–Crippen MR) is 138 cm³/mol. The van der Waals surface area contributed by atoms with Crippen molar-refractivity contribution >= 4 is 8.32 Å². The van der Waals surface area contributed by atoms with Crippen LogP contribution in [0.5, 0.6) is 5.75 Å². The Morgan fingerprint density at radius 1 is 1.17 bits per heavy atom. The average Bonchev–Trinajstić information content (AvgIpc) is 3.34. The summed E-state index contributed by atoms with van der Waals surface area (Å²) in [7, 11) is -0.371. The molecule has 0 amide bonds. The lowest BCUT2D eigenvalue weighted by Crippen LogP contribution is -2.79. The van der Waals surface area contributed by atoms with Crippen LogP contribution in [0.3, 0.4) is 0 Å². The summed E-state index contributed by atoms with van der Waals surface area (Å²) in [5.74, 6) is 6.71. The van der Waals surface area contributed by atoms with Crippen LogP contribution in [-0.2, 0) is 18.6 Å². The molecule has 4 rings (SSSR count). The summed E-state index contributed by atoms with van der Waals surface area (Å²) in [6, 6.07) is 9.74. The summed E-state index contributed by atoms with van der Waals surface area (Å²) in [6.07, 6.45) is 0.365. The molecule has 1 heterocycles. The Morgan fingerprint density at radius 3 is 2.43 bits per heavy atom. The molecule has 0 bridgehead atoms. The second-order valence-corrected chi connectivity index (χ2v) is 16.4. The van der Waals surface area contributed by atoms with Crippen molar-refractivity contribution in [2.45, 2.75) is 82.3 Å². The van der Waals surface area contributed by atoms with E-state index in [9.17, 15) is 5.11 Å². The van der Waals surface area contributed by atoms with Crippen LogP contribution in [0, 0.1) is 29.6 Å². The minimum absolute atomic E-state index is 0.0189. The first kappa shape index (κ1) is 26.7. The SMILES string of the molecule is CO[C@]12CC[C@@H](O)[C@H](C#C[C@H](COc3ccccc3)O[Si](C)(C)C(C)(C)C)[C@H]1C(C)C21OCCO1. The summed E-state index contributed by atoms with van der Waals surface area (Å²) in [5, 5.41) is 11.1. The number of aliphatic hydroxyl groups is 1. The highest BCUT2D eigenvalue weighted by Crippen LogP contribution is 2.65. The van der Waals surface area contributed by atoms with Crippen LogP contribution >= 0.6 is 0 Å². The second kappa shape index (κ2) is 9.81. The molecule has 35 heavy (non-hydrogen) atoms. The molecule has 3 aliphatic rings. The first-order valence-corrected chi connectivity index (χ1v) is 15.8. The lowest BCUT2D eigenvalue weighted by Gasteiger charge is -2.67. The maximum Gasteiger partial charge on any atom is 0.201 e. The van der Waals surface area contributed by atoms with Crippen LogP contribution in [0.1, 0.15) is 40.5 Å². The van der Waals surface area contributed by atoms with Crippen LogP contribution in [-0.4, -0.2) is 64.0 Å². The van der Waals surface area contributed by atoms with Crippen LogP contribution < -0.4 is 4.74 Å². The number of fused-ring (bicyclic) bond motifs is 2. The van der Waals surface area contributed by atoms with E-state index in [0.717, 1.165) is 5.75 Å². The van der Waals surface area contributed by atoms with Gasteiger partial charge in [0.1, 0.15) is 24.1 Å². The van der Waals surface area contributed by atoms with Crippen molar-refractivity contribution in [3.8, 4) is 17.6 Å². The van der Waals surface area contributed by atoms with Crippen molar-refractivity contribution in [2.24, 2.45) is 17.8 Å². The van der Waals surface area contributed by atoms with Gasteiger partial charge in [0.2, 0.25) is 5.79 Å². The van der Waals surface area contributed by atoms with Gasteiger partial charge in [-0.25, -0.2) is 0 Å². The topological polar surface area (TPSA) is 66.4 Å². The third kappa shape index (κ3) is 4.58. The minimum Gasteiger partial charge on any atom is -0.490 e. The molecule has 1 aliphatic heterocycles. The van der Waals surface area contributed by atoms with Crippen molar-refractivity contribution in [2.75, 3.05) is 26.9 Å². The predicted octanol–water partition coefficient (Wildman–Crippen LogP) is 4.62. The summed E-state index contributed by atoms with van der Waals surface area (Å²) < 4.78 is 31.1. The molecule has 194 valence electrons. The van der Waals surface area contributed by atoms with Gasteiger partial charge in [0.05, 0.1) is 25.2 Å². The Bertz CT molecular complexity index is 926. The molecule has 1 spiro atoms. The second-order valence-electron chi connectivity index (χ2n) is 11.7. The van der Waals surface area contributed by atoms with Crippen molar-refractivity contribution in [3.05, 3.63) is 30.3 Å². The molecule has 2 saturated carbocycles. The zero-order chi connectivity index (χ0) is 25.5. The molecule has 1 N–H and O–H groups in total. The molecule has 6 nitrogen and oxygen atoms in total. The van der Waals surface area contributed by atoms with E-state index in [-0.39, 0.29) is 22.8 Å². The van der Waals surface area contributed by atoms with E-state index in [1.54, 1.807) is 7.11 Å². The highest BCUT2D eigenvalue weighted by molar-refractivity contribution is 6.74. The maximum atomic E-state index is 11.0. The number of methoxy groups -OCH3 is 1. The fourth-order valence-electron chi connectivity index (χ4n) is 5.90. The number of aliphatic hydroxyl groups excluding tert-OH is 1. The van der Waals surface area contributed by atoms with Crippen LogP contribution in [0.25, 0.3) is 0 Å². The Kier molecular flexibility index (Phi) is 7.47. The zero-order valence-electron chi connectivity index (χ0n) is 22.3. The fourth-order valence-corrected chi connectivity index (χ4v) is 7.09. The number of ether oxygens (including phenoxy) is 4. The van der Waals surface area contributed by atoms with Crippen molar-refractivity contribution in [1.29, 1.82) is 0 Å². The first-order chi connectivity index (χ1) is 16.5. The first-order valence-electron chi connectivity index (χ1n) is 12.9. The van der Waals surface area contributed by atoms with E-state index in [2.05, 4.69) is 52.6 Å². The molecule has 1 aromatic rings. The number of rotatable bonds is 6. The van der Waals surface area contributed by atoms with Crippen LogP contribution in [0.15, 0.2) is 30.3 Å². The number of para-hydroxylation sites is 1. The molecule has 1 aromatic carbocycles. The summed E-state index contributed by atoms with van der Waals surface area (Å²) in [5.41, 5.74) is -0.585. The number of hydrogen-bond donors (Lipinski definition) is 1.